The summed E-state index contributed by atoms with van der Waals surface area (Å²) in [4.78, 5) is 29.4. The van der Waals surface area contributed by atoms with Gasteiger partial charge in [-0.1, -0.05) is 41.5 Å². The third kappa shape index (κ3) is 8.98. The van der Waals surface area contributed by atoms with Gasteiger partial charge in [-0.15, -0.1) is 0 Å². The SMILES string of the molecule is CC(C)(C)CC(c1cc(C(=O)N(CCO)CCO)cc(C(=O)N(CCO)CCO)c1)C(C)(C)C. The summed E-state index contributed by atoms with van der Waals surface area (Å²) in [7, 11) is 0. The van der Waals surface area contributed by atoms with Crippen LogP contribution in [0.1, 0.15) is 80.2 Å². The zero-order chi connectivity index (χ0) is 26.1. The molecular formula is C26H44N2O6. The number of nitrogens with zero attached hydrogens (tertiary/aromatic N) is 2. The van der Waals surface area contributed by atoms with Crippen LogP contribution in [0.3, 0.4) is 0 Å². The first-order valence-electron chi connectivity index (χ1n) is 12.0. The summed E-state index contributed by atoms with van der Waals surface area (Å²) in [5.74, 6) is -0.711. The van der Waals surface area contributed by atoms with E-state index in [0.29, 0.717) is 11.1 Å². The summed E-state index contributed by atoms with van der Waals surface area (Å²) >= 11 is 0. The highest BCUT2D eigenvalue weighted by Crippen LogP contribution is 2.43. The maximum absolute atomic E-state index is 13.3. The van der Waals surface area contributed by atoms with E-state index in [9.17, 15) is 30.0 Å². The Bertz CT molecular complexity index is 739. The number of carbonyl (C=O) groups is 2. The van der Waals surface area contributed by atoms with Crippen LogP contribution >= 0.6 is 0 Å². The van der Waals surface area contributed by atoms with Gasteiger partial charge in [0.1, 0.15) is 0 Å². The Balaban J connectivity index is 3.69. The molecule has 4 N–H and O–H groups in total. The molecule has 1 atom stereocenters. The van der Waals surface area contributed by atoms with Crippen molar-refractivity contribution in [2.24, 2.45) is 10.8 Å². The number of aliphatic hydroxyl groups is 4. The minimum atomic E-state index is -0.377. The molecule has 1 unspecified atom stereocenters. The van der Waals surface area contributed by atoms with Crippen molar-refractivity contribution in [3.63, 3.8) is 0 Å². The Hall–Kier alpha value is -2.00. The second-order valence-corrected chi connectivity index (χ2v) is 11.0. The molecule has 8 nitrogen and oxygen atoms in total. The van der Waals surface area contributed by atoms with Crippen molar-refractivity contribution in [2.45, 2.75) is 53.9 Å². The van der Waals surface area contributed by atoms with Gasteiger partial charge in [-0.25, -0.2) is 0 Å². The summed E-state index contributed by atoms with van der Waals surface area (Å²) in [6.45, 7) is 12.2. The zero-order valence-corrected chi connectivity index (χ0v) is 21.7. The first kappa shape index (κ1) is 30.0. The highest BCUT2D eigenvalue weighted by Gasteiger charge is 2.32. The number of benzene rings is 1. The van der Waals surface area contributed by atoms with Gasteiger partial charge in [-0.2, -0.15) is 0 Å². The van der Waals surface area contributed by atoms with Crippen molar-refractivity contribution in [1.82, 2.24) is 9.80 Å². The van der Waals surface area contributed by atoms with Crippen LogP contribution in [0.15, 0.2) is 18.2 Å². The molecule has 0 aromatic heterocycles. The quantitative estimate of drug-likeness (QED) is 0.364. The number of carbonyl (C=O) groups excluding carboxylic acids is 2. The molecule has 0 spiro atoms. The first-order chi connectivity index (χ1) is 15.8. The van der Waals surface area contributed by atoms with Crippen molar-refractivity contribution >= 4 is 11.8 Å². The molecular weight excluding hydrogens is 436 g/mol. The topological polar surface area (TPSA) is 122 Å². The molecule has 0 aliphatic carbocycles. The summed E-state index contributed by atoms with van der Waals surface area (Å²) in [5.41, 5.74) is 1.32. The molecule has 8 heteroatoms. The molecule has 0 saturated heterocycles. The van der Waals surface area contributed by atoms with Gasteiger partial charge in [0.25, 0.3) is 11.8 Å². The molecule has 2 amide bonds. The van der Waals surface area contributed by atoms with Crippen LogP contribution in [-0.2, 0) is 0 Å². The number of aliphatic hydroxyl groups excluding tert-OH is 4. The zero-order valence-electron chi connectivity index (χ0n) is 21.7. The fraction of sp³-hybridized carbons (Fsp3) is 0.692. The van der Waals surface area contributed by atoms with Crippen LogP contribution in [0.4, 0.5) is 0 Å². The minimum Gasteiger partial charge on any atom is -0.395 e. The number of amides is 2. The van der Waals surface area contributed by atoms with Gasteiger partial charge in [0, 0.05) is 37.3 Å². The molecule has 0 radical (unpaired) electrons. The van der Waals surface area contributed by atoms with Crippen LogP contribution in [0, 0.1) is 10.8 Å². The Morgan fingerprint density at radius 3 is 1.32 bits per heavy atom. The summed E-state index contributed by atoms with van der Waals surface area (Å²) in [6.07, 6.45) is 0.829. The second kappa shape index (κ2) is 13.2. The van der Waals surface area contributed by atoms with Crippen LogP contribution < -0.4 is 0 Å². The third-order valence-corrected chi connectivity index (χ3v) is 5.77. The molecule has 1 rings (SSSR count). The predicted molar refractivity (Wildman–Crippen MR) is 133 cm³/mol. The lowest BCUT2D eigenvalue weighted by molar-refractivity contribution is 0.0679. The van der Waals surface area contributed by atoms with Crippen LogP contribution in [0.5, 0.6) is 0 Å². The summed E-state index contributed by atoms with van der Waals surface area (Å²) < 4.78 is 0. The molecule has 1 aromatic rings. The standard InChI is InChI=1S/C26H44N2O6/c1-25(2,3)18-22(26(4,5)6)19-15-20(23(33)27(7-11-29)8-12-30)17-21(16-19)24(34)28(9-13-31)10-14-32/h15-17,22,29-32H,7-14,18H2,1-6H3. The van der Waals surface area contributed by atoms with E-state index in [0.717, 1.165) is 12.0 Å². The Kier molecular flexibility index (Phi) is 11.6. The van der Waals surface area contributed by atoms with Crippen molar-refractivity contribution in [3.05, 3.63) is 34.9 Å². The van der Waals surface area contributed by atoms with Crippen LogP contribution in [-0.4, -0.2) is 94.6 Å². The predicted octanol–water partition coefficient (Wildman–Crippen LogP) is 2.11. The maximum atomic E-state index is 13.3. The Morgan fingerprint density at radius 1 is 0.706 bits per heavy atom. The molecule has 34 heavy (non-hydrogen) atoms. The van der Waals surface area contributed by atoms with E-state index < -0.39 is 0 Å². The van der Waals surface area contributed by atoms with Crippen molar-refractivity contribution in [2.75, 3.05) is 52.6 Å². The maximum Gasteiger partial charge on any atom is 0.254 e. The van der Waals surface area contributed by atoms with Gasteiger partial charge in [0.05, 0.1) is 26.4 Å². The lowest BCUT2D eigenvalue weighted by atomic mass is 9.68. The lowest BCUT2D eigenvalue weighted by Gasteiger charge is -2.36. The van der Waals surface area contributed by atoms with E-state index >= 15 is 0 Å². The number of hydrogen-bond acceptors (Lipinski definition) is 6. The van der Waals surface area contributed by atoms with E-state index in [-0.39, 0.29) is 81.2 Å². The van der Waals surface area contributed by atoms with Gasteiger partial charge in [0.2, 0.25) is 0 Å². The van der Waals surface area contributed by atoms with Crippen molar-refractivity contribution < 1.29 is 30.0 Å². The normalized spacial score (nSPS) is 13.0. The molecule has 0 bridgehead atoms. The average Bonchev–Trinajstić information content (AvgIpc) is 2.74. The molecule has 194 valence electrons. The van der Waals surface area contributed by atoms with E-state index in [1.54, 1.807) is 0 Å². The largest absolute Gasteiger partial charge is 0.395 e. The molecule has 0 fully saturated rings. The van der Waals surface area contributed by atoms with E-state index in [4.69, 9.17) is 0 Å². The van der Waals surface area contributed by atoms with Crippen molar-refractivity contribution in [3.8, 4) is 0 Å². The smallest absolute Gasteiger partial charge is 0.254 e. The minimum absolute atomic E-state index is 0.00174. The lowest BCUT2D eigenvalue weighted by Crippen LogP contribution is -2.37. The summed E-state index contributed by atoms with van der Waals surface area (Å²) in [5, 5.41) is 37.5. The molecule has 0 heterocycles. The summed E-state index contributed by atoms with van der Waals surface area (Å²) in [6, 6.07) is 5.14. The fourth-order valence-corrected chi connectivity index (χ4v) is 4.11. The number of hydrogen-bond donors (Lipinski definition) is 4. The average molecular weight is 481 g/mol. The third-order valence-electron chi connectivity index (χ3n) is 5.77. The monoisotopic (exact) mass is 480 g/mol. The van der Waals surface area contributed by atoms with Gasteiger partial charge in [0.15, 0.2) is 0 Å². The van der Waals surface area contributed by atoms with Gasteiger partial charge in [-0.05, 0) is 46.9 Å². The molecule has 1 aromatic carbocycles. The highest BCUT2D eigenvalue weighted by molar-refractivity contribution is 6.00. The van der Waals surface area contributed by atoms with E-state index in [1.165, 1.54) is 15.9 Å². The fourth-order valence-electron chi connectivity index (χ4n) is 4.11. The van der Waals surface area contributed by atoms with Crippen LogP contribution in [0.2, 0.25) is 0 Å². The second-order valence-electron chi connectivity index (χ2n) is 11.0. The van der Waals surface area contributed by atoms with Crippen molar-refractivity contribution in [1.29, 1.82) is 0 Å². The molecule has 0 aliphatic rings. The van der Waals surface area contributed by atoms with Crippen LogP contribution in [0.25, 0.3) is 0 Å². The Labute approximate surface area is 204 Å². The number of rotatable bonds is 12. The molecule has 0 aliphatic heterocycles. The Morgan fingerprint density at radius 2 is 1.06 bits per heavy atom. The first-order valence-corrected chi connectivity index (χ1v) is 12.0. The van der Waals surface area contributed by atoms with Gasteiger partial charge in [-0.3, -0.25) is 9.59 Å². The van der Waals surface area contributed by atoms with Gasteiger partial charge >= 0.3 is 0 Å². The highest BCUT2D eigenvalue weighted by atomic mass is 16.3. The van der Waals surface area contributed by atoms with E-state index in [1.807, 2.05) is 12.1 Å². The molecule has 0 saturated carbocycles. The van der Waals surface area contributed by atoms with E-state index in [2.05, 4.69) is 41.5 Å². The van der Waals surface area contributed by atoms with Gasteiger partial charge < -0.3 is 30.2 Å².